The maximum absolute atomic E-state index is 14.0. The van der Waals surface area contributed by atoms with Crippen molar-refractivity contribution in [2.24, 2.45) is 0 Å². The fraction of sp³-hybridized carbons (Fsp3) is 0.286. The number of carbonyl (C=O) groups excluding carboxylic acids is 3. The molecule has 29 heavy (non-hydrogen) atoms. The van der Waals surface area contributed by atoms with Crippen LogP contribution < -0.4 is 10.2 Å². The van der Waals surface area contributed by atoms with Crippen molar-refractivity contribution in [3.63, 3.8) is 0 Å². The Balaban J connectivity index is 1.67. The molecular weight excluding hydrogens is 380 g/mol. The largest absolute Gasteiger partial charge is 0.327 e. The molecule has 2 aliphatic rings. The highest BCUT2D eigenvalue weighted by Crippen LogP contribution is 2.33. The zero-order valence-corrected chi connectivity index (χ0v) is 15.7. The first-order valence-corrected chi connectivity index (χ1v) is 9.33. The Labute approximate surface area is 166 Å². The van der Waals surface area contributed by atoms with Crippen LogP contribution in [0.1, 0.15) is 28.8 Å². The molecule has 1 unspecified atom stereocenters. The number of carbonyl (C=O) groups is 3. The molecule has 0 aliphatic carbocycles. The second kappa shape index (κ2) is 7.27. The van der Waals surface area contributed by atoms with Gasteiger partial charge in [0.25, 0.3) is 5.91 Å². The van der Waals surface area contributed by atoms with Crippen LogP contribution >= 0.6 is 0 Å². The van der Waals surface area contributed by atoms with Gasteiger partial charge in [0.2, 0.25) is 11.8 Å². The van der Waals surface area contributed by atoms with Gasteiger partial charge in [-0.15, -0.1) is 0 Å². The fourth-order valence-corrected chi connectivity index (χ4v) is 3.86. The summed E-state index contributed by atoms with van der Waals surface area (Å²) in [7, 11) is 0. The first-order valence-electron chi connectivity index (χ1n) is 9.33. The number of fused-ring (bicyclic) bond motifs is 2. The SMILES string of the molecule is Cc1ccc(F)c(NC(=O)CN2C(=O)C3CCCN3C(=O)c3ccc(F)cc32)c1. The van der Waals surface area contributed by atoms with Crippen LogP contribution in [0.3, 0.4) is 0 Å². The quantitative estimate of drug-likeness (QED) is 0.863. The minimum atomic E-state index is -0.693. The summed E-state index contributed by atoms with van der Waals surface area (Å²) < 4.78 is 27.9. The lowest BCUT2D eigenvalue weighted by Gasteiger charge is -2.25. The standard InChI is InChI=1S/C21H19F2N3O3/c1-12-4-7-15(23)16(9-12)24-19(27)11-26-18-10-13(22)5-6-14(18)20(28)25-8-2-3-17(25)21(26)29/h4-7,9-10,17H,2-3,8,11H2,1H3,(H,24,27). The van der Waals surface area contributed by atoms with Gasteiger partial charge in [0.15, 0.2) is 0 Å². The van der Waals surface area contributed by atoms with Gasteiger partial charge < -0.3 is 15.1 Å². The van der Waals surface area contributed by atoms with Crippen molar-refractivity contribution in [1.29, 1.82) is 0 Å². The summed E-state index contributed by atoms with van der Waals surface area (Å²) in [6, 6.07) is 7.15. The third kappa shape index (κ3) is 3.46. The molecule has 150 valence electrons. The summed E-state index contributed by atoms with van der Waals surface area (Å²) in [5.74, 6) is -2.67. The molecule has 2 aliphatic heterocycles. The Bertz CT molecular complexity index is 1020. The maximum atomic E-state index is 14.0. The first kappa shape index (κ1) is 19.0. The Hall–Kier alpha value is -3.29. The highest BCUT2D eigenvalue weighted by atomic mass is 19.1. The zero-order chi connectivity index (χ0) is 20.7. The van der Waals surface area contributed by atoms with Crippen LogP contribution in [0, 0.1) is 18.6 Å². The lowest BCUT2D eigenvalue weighted by molar-refractivity contribution is -0.124. The maximum Gasteiger partial charge on any atom is 0.256 e. The Kier molecular flexibility index (Phi) is 4.77. The highest BCUT2D eigenvalue weighted by molar-refractivity contribution is 6.13. The summed E-state index contributed by atoms with van der Waals surface area (Å²) >= 11 is 0. The van der Waals surface area contributed by atoms with Gasteiger partial charge in [-0.2, -0.15) is 0 Å². The molecule has 0 bridgehead atoms. The average Bonchev–Trinajstić information content (AvgIpc) is 3.15. The molecule has 2 aromatic rings. The summed E-state index contributed by atoms with van der Waals surface area (Å²) in [4.78, 5) is 41.2. The van der Waals surface area contributed by atoms with Gasteiger partial charge in [0.1, 0.15) is 24.2 Å². The van der Waals surface area contributed by atoms with E-state index in [1.54, 1.807) is 13.0 Å². The minimum absolute atomic E-state index is 0.00435. The van der Waals surface area contributed by atoms with E-state index in [2.05, 4.69) is 5.32 Å². The molecule has 1 N–H and O–H groups in total. The Morgan fingerprint density at radius 1 is 1.17 bits per heavy atom. The smallest absolute Gasteiger partial charge is 0.256 e. The predicted molar refractivity (Wildman–Crippen MR) is 103 cm³/mol. The minimum Gasteiger partial charge on any atom is -0.327 e. The van der Waals surface area contributed by atoms with Gasteiger partial charge in [-0.1, -0.05) is 6.07 Å². The molecule has 6 nitrogen and oxygen atoms in total. The van der Waals surface area contributed by atoms with Crippen molar-refractivity contribution in [2.75, 3.05) is 23.3 Å². The van der Waals surface area contributed by atoms with Gasteiger partial charge in [-0.25, -0.2) is 8.78 Å². The molecule has 0 aromatic heterocycles. The van der Waals surface area contributed by atoms with E-state index in [1.807, 2.05) is 0 Å². The van der Waals surface area contributed by atoms with E-state index in [-0.39, 0.29) is 22.8 Å². The van der Waals surface area contributed by atoms with Crippen LogP contribution in [0.4, 0.5) is 20.2 Å². The Morgan fingerprint density at radius 3 is 2.76 bits per heavy atom. The molecule has 1 atom stereocenters. The van der Waals surface area contributed by atoms with Crippen molar-refractivity contribution in [3.05, 3.63) is 59.2 Å². The lowest BCUT2D eigenvalue weighted by Crippen LogP contribution is -2.47. The van der Waals surface area contributed by atoms with Crippen LogP contribution in [0.25, 0.3) is 0 Å². The van der Waals surface area contributed by atoms with Crippen molar-refractivity contribution in [3.8, 4) is 0 Å². The second-order valence-electron chi connectivity index (χ2n) is 7.27. The number of anilines is 2. The van der Waals surface area contributed by atoms with E-state index in [0.29, 0.717) is 19.4 Å². The van der Waals surface area contributed by atoms with Gasteiger partial charge >= 0.3 is 0 Å². The highest BCUT2D eigenvalue weighted by Gasteiger charge is 2.42. The molecule has 2 aromatic carbocycles. The van der Waals surface area contributed by atoms with E-state index >= 15 is 0 Å². The summed E-state index contributed by atoms with van der Waals surface area (Å²) in [6.45, 7) is 1.73. The number of nitrogens with one attached hydrogen (secondary N) is 1. The average molecular weight is 399 g/mol. The van der Waals surface area contributed by atoms with Crippen LogP contribution in [0.2, 0.25) is 0 Å². The van der Waals surface area contributed by atoms with Crippen LogP contribution in [0.5, 0.6) is 0 Å². The number of rotatable bonds is 3. The predicted octanol–water partition coefficient (Wildman–Crippen LogP) is 2.86. The third-order valence-electron chi connectivity index (χ3n) is 5.24. The van der Waals surface area contributed by atoms with E-state index in [0.717, 1.165) is 22.6 Å². The van der Waals surface area contributed by atoms with E-state index in [1.165, 1.54) is 23.1 Å². The van der Waals surface area contributed by atoms with E-state index < -0.39 is 36.0 Å². The van der Waals surface area contributed by atoms with Crippen LogP contribution in [-0.2, 0) is 9.59 Å². The normalized spacial score (nSPS) is 18.4. The molecule has 0 spiro atoms. The zero-order valence-electron chi connectivity index (χ0n) is 15.7. The third-order valence-corrected chi connectivity index (χ3v) is 5.24. The molecule has 0 radical (unpaired) electrons. The number of amides is 3. The molecule has 4 rings (SSSR count). The number of aryl methyl sites for hydroxylation is 1. The van der Waals surface area contributed by atoms with Crippen molar-refractivity contribution in [1.82, 2.24) is 4.90 Å². The summed E-state index contributed by atoms with van der Waals surface area (Å²) in [5.41, 5.74) is 0.968. The summed E-state index contributed by atoms with van der Waals surface area (Å²) in [6.07, 6.45) is 1.15. The van der Waals surface area contributed by atoms with E-state index in [9.17, 15) is 23.2 Å². The van der Waals surface area contributed by atoms with Crippen molar-refractivity contribution < 1.29 is 23.2 Å². The number of hydrogen-bond donors (Lipinski definition) is 1. The van der Waals surface area contributed by atoms with Crippen LogP contribution in [-0.4, -0.2) is 41.8 Å². The molecule has 8 heteroatoms. The van der Waals surface area contributed by atoms with Gasteiger partial charge in [-0.05, 0) is 55.7 Å². The molecular formula is C21H19F2N3O3. The van der Waals surface area contributed by atoms with E-state index in [4.69, 9.17) is 0 Å². The van der Waals surface area contributed by atoms with Crippen molar-refractivity contribution in [2.45, 2.75) is 25.8 Å². The second-order valence-corrected chi connectivity index (χ2v) is 7.27. The number of hydrogen-bond acceptors (Lipinski definition) is 3. The van der Waals surface area contributed by atoms with Crippen molar-refractivity contribution >= 4 is 29.1 Å². The Morgan fingerprint density at radius 2 is 1.97 bits per heavy atom. The van der Waals surface area contributed by atoms with Crippen LogP contribution in [0.15, 0.2) is 36.4 Å². The molecule has 2 heterocycles. The summed E-state index contributed by atoms with van der Waals surface area (Å²) in [5, 5.41) is 2.46. The molecule has 0 saturated carbocycles. The number of benzene rings is 2. The van der Waals surface area contributed by atoms with Gasteiger partial charge in [0, 0.05) is 6.54 Å². The van der Waals surface area contributed by atoms with Gasteiger partial charge in [0.05, 0.1) is 16.9 Å². The first-order chi connectivity index (χ1) is 13.8. The molecule has 3 amide bonds. The lowest BCUT2D eigenvalue weighted by atomic mass is 10.1. The fourth-order valence-electron chi connectivity index (χ4n) is 3.86. The number of nitrogens with zero attached hydrogens (tertiary/aromatic N) is 2. The number of halogens is 2. The van der Waals surface area contributed by atoms with Gasteiger partial charge in [-0.3, -0.25) is 14.4 Å². The molecule has 1 fully saturated rings. The molecule has 1 saturated heterocycles. The monoisotopic (exact) mass is 399 g/mol. The topological polar surface area (TPSA) is 69.7 Å².